The van der Waals surface area contributed by atoms with Crippen molar-refractivity contribution in [3.63, 3.8) is 0 Å². The van der Waals surface area contributed by atoms with Gasteiger partial charge in [0.1, 0.15) is 11.6 Å². The summed E-state index contributed by atoms with van der Waals surface area (Å²) < 4.78 is 1.16. The maximum atomic E-state index is 12.7. The van der Waals surface area contributed by atoms with Crippen LogP contribution in [0.15, 0.2) is 53.3 Å². The van der Waals surface area contributed by atoms with Crippen molar-refractivity contribution < 1.29 is 4.79 Å². The Morgan fingerprint density at radius 3 is 2.50 bits per heavy atom. The van der Waals surface area contributed by atoms with Crippen LogP contribution in [0.3, 0.4) is 0 Å². The lowest BCUT2D eigenvalue weighted by Crippen LogP contribution is -2.35. The van der Waals surface area contributed by atoms with Crippen molar-refractivity contribution in [2.24, 2.45) is 0 Å². The average Bonchev–Trinajstić information content (AvgIpc) is 2.65. The van der Waals surface area contributed by atoms with Gasteiger partial charge in [-0.25, -0.2) is 0 Å². The van der Waals surface area contributed by atoms with Crippen LogP contribution < -0.4 is 15.8 Å². The van der Waals surface area contributed by atoms with Crippen LogP contribution in [-0.4, -0.2) is 35.0 Å². The van der Waals surface area contributed by atoms with Crippen LogP contribution in [0.25, 0.3) is 10.9 Å². The number of rotatable bonds is 5. The van der Waals surface area contributed by atoms with E-state index in [1.165, 1.54) is 0 Å². The van der Waals surface area contributed by atoms with E-state index in [1.807, 2.05) is 50.2 Å². The molecule has 134 valence electrons. The molecule has 26 heavy (non-hydrogen) atoms. The monoisotopic (exact) mass is 351 g/mol. The molecule has 1 amide bonds. The van der Waals surface area contributed by atoms with E-state index in [1.54, 1.807) is 24.3 Å². The largest absolute Gasteiger partial charge is 0.378 e. The summed E-state index contributed by atoms with van der Waals surface area (Å²) in [6, 6.07) is 13.7. The molecule has 3 aromatic rings. The van der Waals surface area contributed by atoms with Crippen LogP contribution >= 0.6 is 0 Å². The third kappa shape index (κ3) is 3.42. The van der Waals surface area contributed by atoms with Crippen molar-refractivity contribution in [2.75, 3.05) is 24.3 Å². The van der Waals surface area contributed by atoms with E-state index in [-0.39, 0.29) is 11.5 Å². The Morgan fingerprint density at radius 2 is 1.85 bits per heavy atom. The fraction of sp³-hybridized carbons (Fsp3) is 0.263. The van der Waals surface area contributed by atoms with E-state index >= 15 is 0 Å². The van der Waals surface area contributed by atoms with E-state index in [0.717, 1.165) is 10.4 Å². The van der Waals surface area contributed by atoms with Gasteiger partial charge in [0.05, 0.1) is 5.39 Å². The molecule has 0 bridgehead atoms. The van der Waals surface area contributed by atoms with Gasteiger partial charge in [-0.2, -0.15) is 4.68 Å². The molecule has 1 unspecified atom stereocenters. The number of hydrogen-bond acceptors (Lipinski definition) is 5. The van der Waals surface area contributed by atoms with Crippen molar-refractivity contribution in [3.8, 4) is 0 Å². The molecule has 1 aromatic heterocycles. The molecule has 7 nitrogen and oxygen atoms in total. The second-order valence-corrected chi connectivity index (χ2v) is 6.21. The Kier molecular flexibility index (Phi) is 4.97. The summed E-state index contributed by atoms with van der Waals surface area (Å²) in [6.45, 7) is 1.84. The van der Waals surface area contributed by atoms with Crippen LogP contribution in [0, 0.1) is 0 Å². The fourth-order valence-corrected chi connectivity index (χ4v) is 2.74. The molecule has 1 N–H and O–H groups in total. The SMILES string of the molecule is CCC(C(=O)Nc1ccc(N(C)C)cc1)n1nnc2ccccc2c1=O. The first kappa shape index (κ1) is 17.6. The van der Waals surface area contributed by atoms with Crippen molar-refractivity contribution in [2.45, 2.75) is 19.4 Å². The van der Waals surface area contributed by atoms with Gasteiger partial charge in [0.25, 0.3) is 5.56 Å². The lowest BCUT2D eigenvalue weighted by atomic mass is 10.2. The number of carbonyl (C=O) groups excluding carboxylic acids is 1. The summed E-state index contributed by atoms with van der Waals surface area (Å²) in [6.07, 6.45) is 0.425. The zero-order valence-electron chi connectivity index (χ0n) is 15.0. The van der Waals surface area contributed by atoms with Gasteiger partial charge in [-0.3, -0.25) is 9.59 Å². The normalized spacial score (nSPS) is 12.0. The maximum absolute atomic E-state index is 12.7. The highest BCUT2D eigenvalue weighted by molar-refractivity contribution is 5.94. The van der Waals surface area contributed by atoms with Crippen LogP contribution in [0.1, 0.15) is 19.4 Å². The summed E-state index contributed by atoms with van der Waals surface area (Å²) in [5, 5.41) is 11.3. The summed E-state index contributed by atoms with van der Waals surface area (Å²) >= 11 is 0. The molecule has 0 aliphatic heterocycles. The Hall–Kier alpha value is -3.22. The highest BCUT2D eigenvalue weighted by atomic mass is 16.2. The first-order valence-corrected chi connectivity index (χ1v) is 8.43. The Balaban J connectivity index is 1.87. The molecular formula is C19H21N5O2. The summed E-state index contributed by atoms with van der Waals surface area (Å²) in [4.78, 5) is 27.4. The zero-order chi connectivity index (χ0) is 18.7. The number of carbonyl (C=O) groups is 1. The van der Waals surface area contributed by atoms with Crippen molar-refractivity contribution >= 4 is 28.2 Å². The number of fused-ring (bicyclic) bond motifs is 1. The predicted octanol–water partition coefficient (Wildman–Crippen LogP) is 2.45. The molecule has 3 rings (SSSR count). The quantitative estimate of drug-likeness (QED) is 0.764. The Bertz CT molecular complexity index is 979. The van der Waals surface area contributed by atoms with E-state index in [0.29, 0.717) is 23.0 Å². The predicted molar refractivity (Wildman–Crippen MR) is 103 cm³/mol. The van der Waals surface area contributed by atoms with Crippen molar-refractivity contribution in [3.05, 3.63) is 58.9 Å². The molecule has 0 fully saturated rings. The molecule has 0 spiro atoms. The number of nitrogens with one attached hydrogen (secondary N) is 1. The molecular weight excluding hydrogens is 330 g/mol. The Morgan fingerprint density at radius 1 is 1.15 bits per heavy atom. The topological polar surface area (TPSA) is 80.1 Å². The van der Waals surface area contributed by atoms with Gasteiger partial charge < -0.3 is 10.2 Å². The number of anilines is 2. The highest BCUT2D eigenvalue weighted by Crippen LogP contribution is 2.18. The molecule has 7 heteroatoms. The van der Waals surface area contributed by atoms with Crippen LogP contribution in [0.4, 0.5) is 11.4 Å². The van der Waals surface area contributed by atoms with Gasteiger partial charge in [0.2, 0.25) is 5.91 Å². The molecule has 2 aromatic carbocycles. The Labute approximate surface area is 151 Å². The molecule has 0 radical (unpaired) electrons. The van der Waals surface area contributed by atoms with Gasteiger partial charge in [-0.05, 0) is 42.8 Å². The van der Waals surface area contributed by atoms with Crippen molar-refractivity contribution in [1.82, 2.24) is 15.0 Å². The molecule has 0 aliphatic carbocycles. The molecule has 1 heterocycles. The summed E-state index contributed by atoms with van der Waals surface area (Å²) in [5.41, 5.74) is 1.90. The van der Waals surface area contributed by atoms with Crippen LogP contribution in [0.5, 0.6) is 0 Å². The van der Waals surface area contributed by atoms with Crippen molar-refractivity contribution in [1.29, 1.82) is 0 Å². The minimum absolute atomic E-state index is 0.295. The van der Waals surface area contributed by atoms with E-state index in [2.05, 4.69) is 15.6 Å². The number of aromatic nitrogens is 3. The number of nitrogens with zero attached hydrogens (tertiary/aromatic N) is 4. The standard InChI is InChI=1S/C19H21N5O2/c1-4-17(18(25)20-13-9-11-14(12-10-13)23(2)3)24-19(26)15-7-5-6-8-16(15)21-22-24/h5-12,17H,4H2,1-3H3,(H,20,25). The highest BCUT2D eigenvalue weighted by Gasteiger charge is 2.22. The second kappa shape index (κ2) is 7.35. The van der Waals surface area contributed by atoms with Gasteiger partial charge >= 0.3 is 0 Å². The smallest absolute Gasteiger partial charge is 0.278 e. The lowest BCUT2D eigenvalue weighted by molar-refractivity contribution is -0.119. The number of benzene rings is 2. The molecule has 1 atom stereocenters. The van der Waals surface area contributed by atoms with Crippen LogP contribution in [0.2, 0.25) is 0 Å². The van der Waals surface area contributed by atoms with E-state index in [4.69, 9.17) is 0 Å². The first-order valence-electron chi connectivity index (χ1n) is 8.43. The molecule has 0 saturated carbocycles. The third-order valence-corrected chi connectivity index (χ3v) is 4.23. The van der Waals surface area contributed by atoms with E-state index < -0.39 is 6.04 Å². The summed E-state index contributed by atoms with van der Waals surface area (Å²) in [7, 11) is 3.90. The van der Waals surface area contributed by atoms with Gasteiger partial charge in [0.15, 0.2) is 0 Å². The lowest BCUT2D eigenvalue weighted by Gasteiger charge is -2.17. The average molecular weight is 351 g/mol. The first-order chi connectivity index (χ1) is 12.5. The van der Waals surface area contributed by atoms with Gasteiger partial charge in [-0.15, -0.1) is 5.10 Å². The van der Waals surface area contributed by atoms with E-state index in [9.17, 15) is 9.59 Å². The third-order valence-electron chi connectivity index (χ3n) is 4.23. The van der Waals surface area contributed by atoms with Gasteiger partial charge in [-0.1, -0.05) is 24.3 Å². The zero-order valence-corrected chi connectivity index (χ0v) is 15.0. The minimum Gasteiger partial charge on any atom is -0.378 e. The summed E-state index contributed by atoms with van der Waals surface area (Å²) in [5.74, 6) is -0.295. The molecule has 0 saturated heterocycles. The number of amides is 1. The van der Waals surface area contributed by atoms with Gasteiger partial charge in [0, 0.05) is 25.5 Å². The maximum Gasteiger partial charge on any atom is 0.278 e. The second-order valence-electron chi connectivity index (χ2n) is 6.21. The fourth-order valence-electron chi connectivity index (χ4n) is 2.74. The minimum atomic E-state index is -0.729. The van der Waals surface area contributed by atoms with Crippen LogP contribution in [-0.2, 0) is 4.79 Å². The molecule has 0 aliphatic rings. The number of hydrogen-bond donors (Lipinski definition) is 1.